The van der Waals surface area contributed by atoms with Crippen LogP contribution in [0.2, 0.25) is 0 Å². The van der Waals surface area contributed by atoms with Crippen LogP contribution in [0.5, 0.6) is 0 Å². The normalized spacial score (nSPS) is 22.4. The summed E-state index contributed by atoms with van der Waals surface area (Å²) >= 11 is 0. The Labute approximate surface area is 95.7 Å². The highest BCUT2D eigenvalue weighted by Crippen LogP contribution is 2.14. The molecule has 88 valence electrons. The first-order chi connectivity index (χ1) is 7.75. The molecule has 0 radical (unpaired) electrons. The van der Waals surface area contributed by atoms with Crippen molar-refractivity contribution in [2.24, 2.45) is 16.6 Å². The minimum absolute atomic E-state index is 0.580. The number of nitrogens with one attached hydrogen (secondary N) is 1. The number of nitrogens with two attached hydrogens (primary N) is 1. The monoisotopic (exact) mass is 221 g/mol. The quantitative estimate of drug-likeness (QED) is 0.577. The molecule has 1 aromatic heterocycles. The van der Waals surface area contributed by atoms with Gasteiger partial charge in [0.1, 0.15) is 0 Å². The largest absolute Gasteiger partial charge is 0.370 e. The van der Waals surface area contributed by atoms with E-state index in [1.54, 1.807) is 6.20 Å². The van der Waals surface area contributed by atoms with Gasteiger partial charge in [-0.2, -0.15) is 5.10 Å². The summed E-state index contributed by atoms with van der Waals surface area (Å²) in [6.45, 7) is 4.89. The third kappa shape index (κ3) is 2.74. The Bertz CT molecular complexity index is 343. The summed E-state index contributed by atoms with van der Waals surface area (Å²) in [7, 11) is 0. The van der Waals surface area contributed by atoms with Gasteiger partial charge in [0.05, 0.1) is 12.2 Å². The zero-order chi connectivity index (χ0) is 11.4. The zero-order valence-electron chi connectivity index (χ0n) is 9.69. The topological polar surface area (TPSA) is 70.3 Å². The Kier molecular flexibility index (Phi) is 3.44. The van der Waals surface area contributed by atoms with Gasteiger partial charge in [-0.05, 0) is 24.8 Å². The molecule has 16 heavy (non-hydrogen) atoms. The van der Waals surface area contributed by atoms with E-state index in [-0.39, 0.29) is 0 Å². The van der Waals surface area contributed by atoms with Crippen molar-refractivity contribution < 1.29 is 0 Å². The van der Waals surface area contributed by atoms with Gasteiger partial charge in [0.2, 0.25) is 0 Å². The molecule has 0 aromatic carbocycles. The molecule has 0 bridgehead atoms. The van der Waals surface area contributed by atoms with Crippen molar-refractivity contribution in [3.05, 3.63) is 18.0 Å². The number of aromatic nitrogens is 2. The van der Waals surface area contributed by atoms with Crippen molar-refractivity contribution in [3.8, 4) is 0 Å². The first kappa shape index (κ1) is 11.0. The molecular formula is C11H19N5. The van der Waals surface area contributed by atoms with E-state index in [0.717, 1.165) is 24.7 Å². The number of hydrogen-bond donors (Lipinski definition) is 2. The van der Waals surface area contributed by atoms with Crippen LogP contribution >= 0.6 is 0 Å². The molecule has 5 nitrogen and oxygen atoms in total. The summed E-state index contributed by atoms with van der Waals surface area (Å²) in [4.78, 5) is 6.55. The molecule has 1 fully saturated rings. The number of aromatic amines is 1. The van der Waals surface area contributed by atoms with Gasteiger partial charge in [-0.1, -0.05) is 6.92 Å². The van der Waals surface area contributed by atoms with Crippen LogP contribution < -0.4 is 5.73 Å². The first-order valence-corrected chi connectivity index (χ1v) is 5.79. The highest BCUT2D eigenvalue weighted by molar-refractivity contribution is 5.78. The van der Waals surface area contributed by atoms with Crippen molar-refractivity contribution in [3.63, 3.8) is 0 Å². The molecule has 2 rings (SSSR count). The second-order valence-electron chi connectivity index (χ2n) is 4.45. The van der Waals surface area contributed by atoms with Crippen molar-refractivity contribution in [1.29, 1.82) is 0 Å². The number of H-pyrrole nitrogens is 1. The molecule has 0 saturated carbocycles. The van der Waals surface area contributed by atoms with Gasteiger partial charge in [0, 0.05) is 19.3 Å². The fourth-order valence-corrected chi connectivity index (χ4v) is 2.04. The van der Waals surface area contributed by atoms with E-state index in [1.807, 2.05) is 6.07 Å². The molecule has 1 aliphatic rings. The van der Waals surface area contributed by atoms with Crippen LogP contribution in [0.15, 0.2) is 17.3 Å². The summed E-state index contributed by atoms with van der Waals surface area (Å²) in [6.07, 6.45) is 4.23. The Morgan fingerprint density at radius 3 is 3.31 bits per heavy atom. The lowest BCUT2D eigenvalue weighted by Gasteiger charge is -2.31. The zero-order valence-corrected chi connectivity index (χ0v) is 9.69. The number of likely N-dealkylation sites (tertiary alicyclic amines) is 1. The second-order valence-corrected chi connectivity index (χ2v) is 4.45. The SMILES string of the molecule is CC1CCCN(C(N)=NCc2ccn[nH]2)C1. The molecule has 1 aliphatic heterocycles. The van der Waals surface area contributed by atoms with Gasteiger partial charge < -0.3 is 10.6 Å². The fourth-order valence-electron chi connectivity index (χ4n) is 2.04. The van der Waals surface area contributed by atoms with Crippen molar-refractivity contribution in [2.75, 3.05) is 13.1 Å². The smallest absolute Gasteiger partial charge is 0.191 e. The van der Waals surface area contributed by atoms with Crippen LogP contribution in [0.25, 0.3) is 0 Å². The number of guanidine groups is 1. The van der Waals surface area contributed by atoms with Crippen LogP contribution in [-0.2, 0) is 6.54 Å². The van der Waals surface area contributed by atoms with Crippen LogP contribution in [-0.4, -0.2) is 34.1 Å². The number of rotatable bonds is 2. The minimum atomic E-state index is 0.580. The van der Waals surface area contributed by atoms with Gasteiger partial charge in [-0.15, -0.1) is 0 Å². The van der Waals surface area contributed by atoms with Crippen LogP contribution in [0, 0.1) is 5.92 Å². The predicted molar refractivity (Wildman–Crippen MR) is 63.9 cm³/mol. The van der Waals surface area contributed by atoms with Gasteiger partial charge in [0.15, 0.2) is 5.96 Å². The third-order valence-electron chi connectivity index (χ3n) is 2.95. The summed E-state index contributed by atoms with van der Waals surface area (Å²) in [5.41, 5.74) is 6.96. The third-order valence-corrected chi connectivity index (χ3v) is 2.95. The average Bonchev–Trinajstić information content (AvgIpc) is 2.78. The Morgan fingerprint density at radius 2 is 2.62 bits per heavy atom. The molecule has 3 N–H and O–H groups in total. The molecule has 1 atom stereocenters. The molecule has 0 spiro atoms. The molecule has 0 aliphatic carbocycles. The van der Waals surface area contributed by atoms with E-state index >= 15 is 0 Å². The minimum Gasteiger partial charge on any atom is -0.370 e. The van der Waals surface area contributed by atoms with Crippen molar-refractivity contribution in [2.45, 2.75) is 26.3 Å². The lowest BCUT2D eigenvalue weighted by Crippen LogP contribution is -2.43. The van der Waals surface area contributed by atoms with E-state index in [9.17, 15) is 0 Å². The maximum atomic E-state index is 5.97. The van der Waals surface area contributed by atoms with Crippen molar-refractivity contribution >= 4 is 5.96 Å². The maximum absolute atomic E-state index is 5.97. The lowest BCUT2D eigenvalue weighted by atomic mass is 10.0. The van der Waals surface area contributed by atoms with Gasteiger partial charge in [-0.25, -0.2) is 4.99 Å². The van der Waals surface area contributed by atoms with Gasteiger partial charge in [0.25, 0.3) is 0 Å². The second kappa shape index (κ2) is 5.01. The predicted octanol–water partition coefficient (Wildman–Crippen LogP) is 0.956. The Hall–Kier alpha value is -1.52. The van der Waals surface area contributed by atoms with E-state index < -0.39 is 0 Å². The van der Waals surface area contributed by atoms with Gasteiger partial charge in [-0.3, -0.25) is 5.10 Å². The summed E-state index contributed by atoms with van der Waals surface area (Å²) < 4.78 is 0. The number of piperidine rings is 1. The molecule has 1 aromatic rings. The summed E-state index contributed by atoms with van der Waals surface area (Å²) in [5.74, 6) is 1.37. The lowest BCUT2D eigenvalue weighted by molar-refractivity contribution is 0.270. The van der Waals surface area contributed by atoms with Crippen LogP contribution in [0.4, 0.5) is 0 Å². The molecule has 0 amide bonds. The maximum Gasteiger partial charge on any atom is 0.191 e. The number of aliphatic imine (C=N–C) groups is 1. The summed E-state index contributed by atoms with van der Waals surface area (Å²) in [6, 6.07) is 1.91. The standard InChI is InChI=1S/C11H19N5/c1-9-3-2-6-16(8-9)11(12)13-7-10-4-5-14-15-10/h4-5,9H,2-3,6-8H2,1H3,(H2,12,13)(H,14,15). The highest BCUT2D eigenvalue weighted by atomic mass is 15.3. The fraction of sp³-hybridized carbons (Fsp3) is 0.636. The van der Waals surface area contributed by atoms with E-state index in [2.05, 4.69) is 27.0 Å². The highest BCUT2D eigenvalue weighted by Gasteiger charge is 2.17. The molecule has 1 saturated heterocycles. The van der Waals surface area contributed by atoms with E-state index in [1.165, 1.54) is 12.8 Å². The Morgan fingerprint density at radius 1 is 1.75 bits per heavy atom. The number of nitrogens with zero attached hydrogens (tertiary/aromatic N) is 3. The van der Waals surface area contributed by atoms with Crippen LogP contribution in [0.1, 0.15) is 25.5 Å². The average molecular weight is 221 g/mol. The summed E-state index contributed by atoms with van der Waals surface area (Å²) in [5, 5.41) is 6.75. The van der Waals surface area contributed by atoms with E-state index in [0.29, 0.717) is 12.5 Å². The molecular weight excluding hydrogens is 202 g/mol. The van der Waals surface area contributed by atoms with Crippen LogP contribution in [0.3, 0.4) is 0 Å². The van der Waals surface area contributed by atoms with E-state index in [4.69, 9.17) is 5.73 Å². The molecule has 2 heterocycles. The van der Waals surface area contributed by atoms with Crippen molar-refractivity contribution in [1.82, 2.24) is 15.1 Å². The van der Waals surface area contributed by atoms with Gasteiger partial charge >= 0.3 is 0 Å². The first-order valence-electron chi connectivity index (χ1n) is 5.79. The molecule has 5 heteroatoms. The molecule has 1 unspecified atom stereocenters. The Balaban J connectivity index is 1.90. The number of hydrogen-bond acceptors (Lipinski definition) is 2.